The molecule has 0 saturated carbocycles. The molecular weight excluding hydrogens is 224 g/mol. The molecule has 0 radical (unpaired) electrons. The van der Waals surface area contributed by atoms with Crippen LogP contribution in [0.2, 0.25) is 0 Å². The Morgan fingerprint density at radius 1 is 1.06 bits per heavy atom. The number of ether oxygens (including phenoxy) is 2. The van der Waals surface area contributed by atoms with E-state index < -0.39 is 0 Å². The van der Waals surface area contributed by atoms with Crippen LogP contribution < -0.4 is 4.74 Å². The molecule has 0 amide bonds. The molecule has 0 spiro atoms. The van der Waals surface area contributed by atoms with E-state index in [-0.39, 0.29) is 6.10 Å². The standard InChI is InChI=1S/C16H16O2/c1-17-14-8-6-13(7-9-14)16-15-5-3-2-4-12(15)10-11-18-16/h2-9,16H,10-11H2,1H3/t16-/m0/s1. The number of methoxy groups -OCH3 is 1. The molecule has 0 aromatic heterocycles. The van der Waals surface area contributed by atoms with Crippen molar-refractivity contribution in [2.75, 3.05) is 13.7 Å². The third-order valence-corrected chi connectivity index (χ3v) is 3.41. The minimum absolute atomic E-state index is 0.0563. The van der Waals surface area contributed by atoms with E-state index in [9.17, 15) is 0 Å². The Morgan fingerprint density at radius 2 is 1.83 bits per heavy atom. The molecule has 2 aromatic rings. The fourth-order valence-electron chi connectivity index (χ4n) is 2.45. The van der Waals surface area contributed by atoms with Gasteiger partial charge in [0, 0.05) is 0 Å². The Labute approximate surface area is 107 Å². The second-order valence-electron chi connectivity index (χ2n) is 4.47. The Bertz CT molecular complexity index is 531. The maximum Gasteiger partial charge on any atom is 0.118 e. The molecule has 2 heteroatoms. The van der Waals surface area contributed by atoms with E-state index in [0.29, 0.717) is 0 Å². The van der Waals surface area contributed by atoms with Crippen LogP contribution in [-0.4, -0.2) is 13.7 Å². The highest BCUT2D eigenvalue weighted by Gasteiger charge is 2.21. The maximum absolute atomic E-state index is 5.92. The summed E-state index contributed by atoms with van der Waals surface area (Å²) < 4.78 is 11.1. The lowest BCUT2D eigenvalue weighted by molar-refractivity contribution is 0.0698. The monoisotopic (exact) mass is 240 g/mol. The molecule has 0 unspecified atom stereocenters. The van der Waals surface area contributed by atoms with Crippen molar-refractivity contribution in [2.45, 2.75) is 12.5 Å². The van der Waals surface area contributed by atoms with Crippen molar-refractivity contribution in [1.29, 1.82) is 0 Å². The van der Waals surface area contributed by atoms with Gasteiger partial charge in [-0.1, -0.05) is 36.4 Å². The van der Waals surface area contributed by atoms with Crippen molar-refractivity contribution in [3.63, 3.8) is 0 Å². The lowest BCUT2D eigenvalue weighted by atomic mass is 9.93. The average molecular weight is 240 g/mol. The van der Waals surface area contributed by atoms with Crippen LogP contribution in [0.5, 0.6) is 5.75 Å². The van der Waals surface area contributed by atoms with Crippen LogP contribution in [0, 0.1) is 0 Å². The van der Waals surface area contributed by atoms with Crippen LogP contribution in [0.15, 0.2) is 48.5 Å². The predicted octanol–water partition coefficient (Wildman–Crippen LogP) is 3.36. The molecule has 1 aliphatic heterocycles. The lowest BCUT2D eigenvalue weighted by Crippen LogP contribution is -2.17. The molecule has 1 atom stereocenters. The van der Waals surface area contributed by atoms with E-state index >= 15 is 0 Å². The third kappa shape index (κ3) is 2.00. The Kier molecular flexibility index (Phi) is 3.03. The Hall–Kier alpha value is -1.80. The number of hydrogen-bond donors (Lipinski definition) is 0. The number of fused-ring (bicyclic) bond motifs is 1. The minimum Gasteiger partial charge on any atom is -0.497 e. The molecular formula is C16H16O2. The molecule has 18 heavy (non-hydrogen) atoms. The number of benzene rings is 2. The summed E-state index contributed by atoms with van der Waals surface area (Å²) in [6, 6.07) is 16.6. The van der Waals surface area contributed by atoms with E-state index in [0.717, 1.165) is 18.8 Å². The van der Waals surface area contributed by atoms with Gasteiger partial charge in [0.15, 0.2) is 0 Å². The Balaban J connectivity index is 1.97. The fraction of sp³-hybridized carbons (Fsp3) is 0.250. The minimum atomic E-state index is 0.0563. The summed E-state index contributed by atoms with van der Waals surface area (Å²) in [6.07, 6.45) is 1.06. The van der Waals surface area contributed by atoms with E-state index in [1.54, 1.807) is 7.11 Å². The molecule has 0 aliphatic carbocycles. The normalized spacial score (nSPS) is 18.2. The second-order valence-corrected chi connectivity index (χ2v) is 4.47. The molecule has 92 valence electrons. The highest BCUT2D eigenvalue weighted by atomic mass is 16.5. The van der Waals surface area contributed by atoms with E-state index in [1.807, 2.05) is 12.1 Å². The van der Waals surface area contributed by atoms with E-state index in [2.05, 4.69) is 36.4 Å². The van der Waals surface area contributed by atoms with Gasteiger partial charge in [0.25, 0.3) is 0 Å². The van der Waals surface area contributed by atoms with Gasteiger partial charge in [0.05, 0.1) is 13.7 Å². The summed E-state index contributed by atoms with van der Waals surface area (Å²) in [7, 11) is 1.68. The molecule has 1 heterocycles. The van der Waals surface area contributed by atoms with Gasteiger partial charge in [0.1, 0.15) is 11.9 Å². The first-order valence-electron chi connectivity index (χ1n) is 6.22. The fourth-order valence-corrected chi connectivity index (χ4v) is 2.45. The third-order valence-electron chi connectivity index (χ3n) is 3.41. The zero-order chi connectivity index (χ0) is 12.4. The second kappa shape index (κ2) is 4.83. The molecule has 2 aromatic carbocycles. The summed E-state index contributed by atoms with van der Waals surface area (Å²) in [6.45, 7) is 0.785. The number of hydrogen-bond acceptors (Lipinski definition) is 2. The van der Waals surface area contributed by atoms with Crippen LogP contribution in [0.3, 0.4) is 0 Å². The smallest absolute Gasteiger partial charge is 0.118 e. The van der Waals surface area contributed by atoms with Crippen molar-refractivity contribution in [3.8, 4) is 5.75 Å². The molecule has 0 bridgehead atoms. The van der Waals surface area contributed by atoms with E-state index in [1.165, 1.54) is 16.7 Å². The van der Waals surface area contributed by atoms with Crippen LogP contribution >= 0.6 is 0 Å². The van der Waals surface area contributed by atoms with Crippen molar-refractivity contribution < 1.29 is 9.47 Å². The van der Waals surface area contributed by atoms with Gasteiger partial charge in [-0.2, -0.15) is 0 Å². The Morgan fingerprint density at radius 3 is 2.61 bits per heavy atom. The molecule has 0 N–H and O–H groups in total. The average Bonchev–Trinajstić information content (AvgIpc) is 2.47. The molecule has 0 fully saturated rings. The lowest BCUT2D eigenvalue weighted by Gasteiger charge is -2.26. The molecule has 2 nitrogen and oxygen atoms in total. The first-order valence-corrected chi connectivity index (χ1v) is 6.22. The topological polar surface area (TPSA) is 18.5 Å². The zero-order valence-corrected chi connectivity index (χ0v) is 10.4. The molecule has 3 rings (SSSR count). The van der Waals surface area contributed by atoms with Crippen molar-refractivity contribution >= 4 is 0 Å². The summed E-state index contributed by atoms with van der Waals surface area (Å²) in [4.78, 5) is 0. The van der Waals surface area contributed by atoms with Crippen LogP contribution in [0.1, 0.15) is 22.8 Å². The summed E-state index contributed by atoms with van der Waals surface area (Å²) in [5, 5.41) is 0. The van der Waals surface area contributed by atoms with Crippen molar-refractivity contribution in [3.05, 3.63) is 65.2 Å². The van der Waals surface area contributed by atoms with Gasteiger partial charge < -0.3 is 9.47 Å². The maximum atomic E-state index is 5.92. The summed E-state index contributed by atoms with van der Waals surface area (Å²) >= 11 is 0. The van der Waals surface area contributed by atoms with Gasteiger partial charge in [0.2, 0.25) is 0 Å². The van der Waals surface area contributed by atoms with Crippen LogP contribution in [0.25, 0.3) is 0 Å². The van der Waals surface area contributed by atoms with Crippen LogP contribution in [0.4, 0.5) is 0 Å². The van der Waals surface area contributed by atoms with Gasteiger partial charge in [-0.15, -0.1) is 0 Å². The van der Waals surface area contributed by atoms with Crippen molar-refractivity contribution in [2.24, 2.45) is 0 Å². The SMILES string of the molecule is COc1ccc([C@@H]2OCCc3ccccc32)cc1. The molecule has 0 saturated heterocycles. The first kappa shape index (κ1) is 11.3. The van der Waals surface area contributed by atoms with Gasteiger partial charge in [-0.3, -0.25) is 0 Å². The van der Waals surface area contributed by atoms with Gasteiger partial charge in [-0.05, 0) is 35.2 Å². The largest absolute Gasteiger partial charge is 0.497 e. The van der Waals surface area contributed by atoms with Crippen LogP contribution in [-0.2, 0) is 11.2 Å². The summed E-state index contributed by atoms with van der Waals surface area (Å²) in [5.41, 5.74) is 3.86. The van der Waals surface area contributed by atoms with Gasteiger partial charge in [-0.25, -0.2) is 0 Å². The molecule has 1 aliphatic rings. The first-order chi connectivity index (χ1) is 8.88. The highest BCUT2D eigenvalue weighted by Crippen LogP contribution is 2.33. The highest BCUT2D eigenvalue weighted by molar-refractivity contribution is 5.39. The quantitative estimate of drug-likeness (QED) is 0.801. The summed E-state index contributed by atoms with van der Waals surface area (Å²) in [5.74, 6) is 0.878. The number of rotatable bonds is 2. The van der Waals surface area contributed by atoms with Gasteiger partial charge >= 0.3 is 0 Å². The van der Waals surface area contributed by atoms with Crippen molar-refractivity contribution in [1.82, 2.24) is 0 Å². The zero-order valence-electron chi connectivity index (χ0n) is 10.4. The van der Waals surface area contributed by atoms with E-state index in [4.69, 9.17) is 9.47 Å². The predicted molar refractivity (Wildman–Crippen MR) is 70.9 cm³/mol.